The van der Waals surface area contributed by atoms with Gasteiger partial charge in [0.1, 0.15) is 5.60 Å². The van der Waals surface area contributed by atoms with E-state index < -0.39 is 5.60 Å². The third-order valence-electron chi connectivity index (χ3n) is 2.78. The van der Waals surface area contributed by atoms with Crippen LogP contribution >= 0.6 is 0 Å². The molecule has 2 atom stereocenters. The third kappa shape index (κ3) is 3.82. The monoisotopic (exact) mass is 240 g/mol. The minimum Gasteiger partial charge on any atom is -0.444 e. The van der Waals surface area contributed by atoms with Crippen LogP contribution in [0.25, 0.3) is 10.4 Å². The molecule has 1 aliphatic rings. The van der Waals surface area contributed by atoms with Crippen molar-refractivity contribution in [2.24, 2.45) is 5.11 Å². The van der Waals surface area contributed by atoms with E-state index in [9.17, 15) is 4.79 Å². The summed E-state index contributed by atoms with van der Waals surface area (Å²) >= 11 is 0. The minimum absolute atomic E-state index is 0.102. The van der Waals surface area contributed by atoms with Gasteiger partial charge in [0.05, 0.1) is 6.04 Å². The molecule has 0 spiro atoms. The maximum Gasteiger partial charge on any atom is 0.410 e. The Balaban J connectivity index is 2.70. The zero-order valence-corrected chi connectivity index (χ0v) is 10.9. The van der Waals surface area contributed by atoms with Gasteiger partial charge in [-0.1, -0.05) is 5.11 Å². The Labute approximate surface area is 102 Å². The highest BCUT2D eigenvalue weighted by Gasteiger charge is 2.33. The largest absolute Gasteiger partial charge is 0.444 e. The molecular formula is C11H20N4O2. The van der Waals surface area contributed by atoms with E-state index in [1.165, 1.54) is 0 Å². The molecule has 0 aromatic heterocycles. The number of ether oxygens (including phenoxy) is 1. The van der Waals surface area contributed by atoms with Crippen molar-refractivity contribution in [3.63, 3.8) is 0 Å². The predicted octanol–water partition coefficient (Wildman–Crippen LogP) is 3.08. The van der Waals surface area contributed by atoms with Gasteiger partial charge in [0.25, 0.3) is 0 Å². The van der Waals surface area contributed by atoms with E-state index in [0.717, 1.165) is 12.8 Å². The highest BCUT2D eigenvalue weighted by molar-refractivity contribution is 5.68. The minimum atomic E-state index is -0.498. The SMILES string of the molecule is C[C@H]1C(N=[N+]=[N-])CCCN1C(=O)OC(C)(C)C. The molecule has 1 saturated heterocycles. The molecule has 1 fully saturated rings. The van der Waals surface area contributed by atoms with Gasteiger partial charge in [-0.25, -0.2) is 4.79 Å². The van der Waals surface area contributed by atoms with E-state index in [1.807, 2.05) is 27.7 Å². The molecular weight excluding hydrogens is 220 g/mol. The van der Waals surface area contributed by atoms with Gasteiger partial charge in [-0.05, 0) is 46.1 Å². The van der Waals surface area contributed by atoms with Gasteiger partial charge in [0, 0.05) is 17.5 Å². The molecule has 0 aromatic carbocycles. The van der Waals surface area contributed by atoms with Gasteiger partial charge in [-0.3, -0.25) is 0 Å². The first kappa shape index (κ1) is 13.6. The summed E-state index contributed by atoms with van der Waals surface area (Å²) in [5.41, 5.74) is 7.97. The fourth-order valence-corrected chi connectivity index (χ4v) is 1.92. The maximum absolute atomic E-state index is 11.9. The number of piperidine rings is 1. The Hall–Kier alpha value is -1.42. The number of hydrogen-bond acceptors (Lipinski definition) is 3. The first-order valence-electron chi connectivity index (χ1n) is 5.89. The van der Waals surface area contributed by atoms with Crippen LogP contribution in [0.15, 0.2) is 5.11 Å². The number of carbonyl (C=O) groups excluding carboxylic acids is 1. The van der Waals surface area contributed by atoms with E-state index >= 15 is 0 Å². The first-order chi connectivity index (χ1) is 7.85. The zero-order chi connectivity index (χ0) is 13.1. The molecule has 6 heteroatoms. The van der Waals surface area contributed by atoms with Crippen molar-refractivity contribution in [1.82, 2.24) is 4.90 Å². The summed E-state index contributed by atoms with van der Waals surface area (Å²) < 4.78 is 5.33. The molecule has 0 saturated carbocycles. The average molecular weight is 240 g/mol. The Morgan fingerprint density at radius 3 is 2.71 bits per heavy atom. The van der Waals surface area contributed by atoms with Gasteiger partial charge in [-0.2, -0.15) is 0 Å². The fraction of sp³-hybridized carbons (Fsp3) is 0.909. The Morgan fingerprint density at radius 2 is 2.18 bits per heavy atom. The lowest BCUT2D eigenvalue weighted by Crippen LogP contribution is -2.50. The number of carbonyl (C=O) groups is 1. The predicted molar refractivity (Wildman–Crippen MR) is 64.6 cm³/mol. The van der Waals surface area contributed by atoms with Crippen molar-refractivity contribution in [3.05, 3.63) is 10.4 Å². The molecule has 0 N–H and O–H groups in total. The summed E-state index contributed by atoms with van der Waals surface area (Å²) in [6.07, 6.45) is 1.33. The summed E-state index contributed by atoms with van der Waals surface area (Å²) in [4.78, 5) is 16.4. The summed E-state index contributed by atoms with van der Waals surface area (Å²) in [6.45, 7) is 8.06. The molecule has 1 rings (SSSR count). The number of azide groups is 1. The van der Waals surface area contributed by atoms with Crippen molar-refractivity contribution in [3.8, 4) is 0 Å². The van der Waals surface area contributed by atoms with Crippen LogP contribution in [-0.4, -0.2) is 35.2 Å². The van der Waals surface area contributed by atoms with Crippen LogP contribution in [0.3, 0.4) is 0 Å². The number of rotatable bonds is 1. The molecule has 0 aromatic rings. The highest BCUT2D eigenvalue weighted by Crippen LogP contribution is 2.22. The van der Waals surface area contributed by atoms with Crippen molar-refractivity contribution in [1.29, 1.82) is 0 Å². The van der Waals surface area contributed by atoms with E-state index in [1.54, 1.807) is 4.90 Å². The molecule has 0 radical (unpaired) electrons. The molecule has 0 aliphatic carbocycles. The van der Waals surface area contributed by atoms with Crippen LogP contribution in [-0.2, 0) is 4.74 Å². The highest BCUT2D eigenvalue weighted by atomic mass is 16.6. The van der Waals surface area contributed by atoms with Gasteiger partial charge >= 0.3 is 6.09 Å². The van der Waals surface area contributed by atoms with Gasteiger partial charge in [0.15, 0.2) is 0 Å². The number of hydrogen-bond donors (Lipinski definition) is 0. The lowest BCUT2D eigenvalue weighted by molar-refractivity contribution is 0.00938. The number of nitrogens with zero attached hydrogens (tertiary/aromatic N) is 4. The Morgan fingerprint density at radius 1 is 1.53 bits per heavy atom. The third-order valence-corrected chi connectivity index (χ3v) is 2.78. The second kappa shape index (κ2) is 5.27. The van der Waals surface area contributed by atoms with Crippen molar-refractivity contribution in [2.75, 3.05) is 6.54 Å². The molecule has 96 valence electrons. The lowest BCUT2D eigenvalue weighted by Gasteiger charge is -2.38. The van der Waals surface area contributed by atoms with Gasteiger partial charge in [0.2, 0.25) is 0 Å². The van der Waals surface area contributed by atoms with Crippen LogP contribution < -0.4 is 0 Å². The van der Waals surface area contributed by atoms with Crippen LogP contribution in [0.2, 0.25) is 0 Å². The zero-order valence-electron chi connectivity index (χ0n) is 10.9. The maximum atomic E-state index is 11.9. The van der Waals surface area contributed by atoms with E-state index in [-0.39, 0.29) is 18.2 Å². The topological polar surface area (TPSA) is 78.3 Å². The molecule has 1 heterocycles. The standard InChI is InChI=1S/C11H20N4O2/c1-8-9(13-14-12)6-5-7-15(8)10(16)17-11(2,3)4/h8-9H,5-7H2,1-4H3/t8-,9?/m0/s1. The summed E-state index contributed by atoms with van der Waals surface area (Å²) in [5, 5.41) is 3.72. The summed E-state index contributed by atoms with van der Waals surface area (Å²) in [5.74, 6) is 0. The van der Waals surface area contributed by atoms with E-state index in [2.05, 4.69) is 10.0 Å². The van der Waals surface area contributed by atoms with Gasteiger partial charge in [-0.15, -0.1) is 0 Å². The van der Waals surface area contributed by atoms with Gasteiger partial charge < -0.3 is 9.64 Å². The smallest absolute Gasteiger partial charge is 0.410 e. The summed E-state index contributed by atoms with van der Waals surface area (Å²) in [6, 6.07) is -0.254. The quantitative estimate of drug-likeness (QED) is 0.401. The van der Waals surface area contributed by atoms with Crippen LogP contribution in [0, 0.1) is 0 Å². The van der Waals surface area contributed by atoms with Crippen LogP contribution in [0.5, 0.6) is 0 Å². The molecule has 0 bridgehead atoms. The fourth-order valence-electron chi connectivity index (χ4n) is 1.92. The molecule has 1 amide bonds. The lowest BCUT2D eigenvalue weighted by atomic mass is 9.99. The van der Waals surface area contributed by atoms with Crippen molar-refractivity contribution >= 4 is 6.09 Å². The molecule has 1 aliphatic heterocycles. The van der Waals surface area contributed by atoms with E-state index in [4.69, 9.17) is 10.3 Å². The Kier molecular flexibility index (Phi) is 4.23. The normalized spacial score (nSPS) is 25.1. The Bertz CT molecular complexity index is 331. The molecule has 6 nitrogen and oxygen atoms in total. The second-order valence-electron chi connectivity index (χ2n) is 5.33. The van der Waals surface area contributed by atoms with Crippen molar-refractivity contribution < 1.29 is 9.53 Å². The summed E-state index contributed by atoms with van der Waals surface area (Å²) in [7, 11) is 0. The number of likely N-dealkylation sites (tertiary alicyclic amines) is 1. The molecule has 1 unspecified atom stereocenters. The van der Waals surface area contributed by atoms with E-state index in [0.29, 0.717) is 6.54 Å². The number of amides is 1. The van der Waals surface area contributed by atoms with Crippen LogP contribution in [0.1, 0.15) is 40.5 Å². The second-order valence-corrected chi connectivity index (χ2v) is 5.33. The first-order valence-corrected chi connectivity index (χ1v) is 5.89. The van der Waals surface area contributed by atoms with Crippen molar-refractivity contribution in [2.45, 2.75) is 58.2 Å². The average Bonchev–Trinajstić information content (AvgIpc) is 2.18. The van der Waals surface area contributed by atoms with Crippen LogP contribution in [0.4, 0.5) is 4.79 Å². The molecule has 17 heavy (non-hydrogen) atoms.